The van der Waals surface area contributed by atoms with E-state index in [0.29, 0.717) is 17.6 Å². The Morgan fingerprint density at radius 1 is 1.24 bits per heavy atom. The van der Waals surface area contributed by atoms with Gasteiger partial charge in [-0.1, -0.05) is 13.3 Å². The van der Waals surface area contributed by atoms with E-state index in [9.17, 15) is 4.79 Å². The number of ether oxygens (including phenoxy) is 3. The Bertz CT molecular complexity index is 967. The molecule has 3 fully saturated rings. The van der Waals surface area contributed by atoms with E-state index in [1.54, 1.807) is 14.2 Å². The minimum Gasteiger partial charge on any atom is -0.493 e. The second-order valence-electron chi connectivity index (χ2n) is 8.86. The Morgan fingerprint density at radius 3 is 2.69 bits per heavy atom. The molecular formula is C23H30N2O4. The Labute approximate surface area is 171 Å². The quantitative estimate of drug-likeness (QED) is 0.801. The van der Waals surface area contributed by atoms with Crippen LogP contribution in [0.1, 0.15) is 37.4 Å². The van der Waals surface area contributed by atoms with Crippen LogP contribution in [0.2, 0.25) is 0 Å². The summed E-state index contributed by atoms with van der Waals surface area (Å²) in [6, 6.07) is 4.24. The molecule has 4 aliphatic rings. The van der Waals surface area contributed by atoms with Gasteiger partial charge in [0.05, 0.1) is 21.3 Å². The average Bonchev–Trinajstić information content (AvgIpc) is 3.08. The molecule has 0 amide bonds. The number of esters is 1. The van der Waals surface area contributed by atoms with E-state index in [1.165, 1.54) is 19.1 Å². The molecule has 6 nitrogen and oxygen atoms in total. The molecule has 4 bridgehead atoms. The molecule has 2 saturated heterocycles. The number of hydrogen-bond acceptors (Lipinski definition) is 5. The molecule has 1 aromatic carbocycles. The molecule has 2 aromatic rings. The zero-order valence-electron chi connectivity index (χ0n) is 17.7. The number of methoxy groups -OCH3 is 3. The molecule has 29 heavy (non-hydrogen) atoms. The van der Waals surface area contributed by atoms with Gasteiger partial charge in [0, 0.05) is 41.8 Å². The van der Waals surface area contributed by atoms with Crippen molar-refractivity contribution in [3.63, 3.8) is 0 Å². The first-order valence-corrected chi connectivity index (χ1v) is 10.7. The minimum absolute atomic E-state index is 0.0935. The Morgan fingerprint density at radius 2 is 2.00 bits per heavy atom. The third-order valence-corrected chi connectivity index (χ3v) is 7.66. The molecule has 3 aliphatic heterocycles. The van der Waals surface area contributed by atoms with Crippen molar-refractivity contribution in [1.82, 2.24) is 9.88 Å². The first kappa shape index (κ1) is 18.8. The Hall–Kier alpha value is -2.21. The SMILES string of the molecule is CCC1CC2CN3CCc4c([nH]c5cc(OC)c(OC)cc45)C(C(=O)OC)(C2)C13. The number of aromatic amines is 1. The van der Waals surface area contributed by atoms with Crippen LogP contribution < -0.4 is 9.47 Å². The van der Waals surface area contributed by atoms with Crippen molar-refractivity contribution in [2.45, 2.75) is 44.1 Å². The molecule has 0 spiro atoms. The summed E-state index contributed by atoms with van der Waals surface area (Å²) in [6.07, 6.45) is 4.09. The summed E-state index contributed by atoms with van der Waals surface area (Å²) in [6.45, 7) is 4.33. The third kappa shape index (κ3) is 2.41. The van der Waals surface area contributed by atoms with E-state index in [0.717, 1.165) is 54.7 Å². The van der Waals surface area contributed by atoms with Gasteiger partial charge in [0.25, 0.3) is 0 Å². The summed E-state index contributed by atoms with van der Waals surface area (Å²) in [7, 11) is 4.84. The lowest BCUT2D eigenvalue weighted by molar-refractivity contribution is -0.162. The van der Waals surface area contributed by atoms with Gasteiger partial charge in [-0.15, -0.1) is 0 Å². The lowest BCUT2D eigenvalue weighted by Crippen LogP contribution is -2.67. The maximum absolute atomic E-state index is 13.5. The largest absolute Gasteiger partial charge is 0.493 e. The predicted octanol–water partition coefficient (Wildman–Crippen LogP) is 3.27. The fraction of sp³-hybridized carbons (Fsp3) is 0.609. The van der Waals surface area contributed by atoms with Crippen molar-refractivity contribution in [3.8, 4) is 11.5 Å². The number of hydrogen-bond donors (Lipinski definition) is 1. The number of nitrogens with one attached hydrogen (secondary N) is 1. The highest BCUT2D eigenvalue weighted by Crippen LogP contribution is 2.55. The van der Waals surface area contributed by atoms with Crippen molar-refractivity contribution in [3.05, 3.63) is 23.4 Å². The molecule has 4 heterocycles. The van der Waals surface area contributed by atoms with E-state index >= 15 is 0 Å². The molecule has 1 N–H and O–H groups in total. The van der Waals surface area contributed by atoms with Gasteiger partial charge in [-0.25, -0.2) is 0 Å². The molecule has 0 radical (unpaired) electrons. The topological polar surface area (TPSA) is 63.8 Å². The maximum Gasteiger partial charge on any atom is 0.319 e. The van der Waals surface area contributed by atoms with E-state index in [1.807, 2.05) is 6.07 Å². The van der Waals surface area contributed by atoms with E-state index in [2.05, 4.69) is 22.9 Å². The van der Waals surface area contributed by atoms with Gasteiger partial charge < -0.3 is 19.2 Å². The zero-order valence-corrected chi connectivity index (χ0v) is 17.7. The van der Waals surface area contributed by atoms with Crippen LogP contribution in [-0.4, -0.2) is 56.3 Å². The van der Waals surface area contributed by atoms with E-state index in [4.69, 9.17) is 14.2 Å². The standard InChI is InChI=1S/C23H30N2O4/c1-5-14-8-13-11-23(22(26)29-4)20-15(6-7-25(12-13)21(14)23)16-9-18(27-2)19(28-3)10-17(16)24-20/h9-10,13-14,21,24H,5-8,11-12H2,1-4H3. The van der Waals surface area contributed by atoms with Crippen molar-refractivity contribution in [2.75, 3.05) is 34.4 Å². The number of benzene rings is 1. The molecule has 6 heteroatoms. The fourth-order valence-corrected chi connectivity index (χ4v) is 6.64. The molecule has 1 saturated carbocycles. The lowest BCUT2D eigenvalue weighted by atomic mass is 9.56. The Kier molecular flexibility index (Phi) is 4.32. The molecule has 1 aromatic heterocycles. The van der Waals surface area contributed by atoms with E-state index in [-0.39, 0.29) is 12.0 Å². The van der Waals surface area contributed by atoms with Crippen LogP contribution in [0, 0.1) is 11.8 Å². The third-order valence-electron chi connectivity index (χ3n) is 7.66. The number of H-pyrrole nitrogens is 1. The van der Waals surface area contributed by atoms with Gasteiger partial charge in [-0.05, 0) is 42.7 Å². The molecule has 156 valence electrons. The van der Waals surface area contributed by atoms with Crippen molar-refractivity contribution >= 4 is 16.9 Å². The number of carbonyl (C=O) groups excluding carboxylic acids is 1. The maximum atomic E-state index is 13.5. The minimum atomic E-state index is -0.623. The zero-order chi connectivity index (χ0) is 20.3. The molecule has 1 aliphatic carbocycles. The van der Waals surface area contributed by atoms with Gasteiger partial charge in [-0.3, -0.25) is 9.69 Å². The second-order valence-corrected chi connectivity index (χ2v) is 8.86. The predicted molar refractivity (Wildman–Crippen MR) is 111 cm³/mol. The highest BCUT2D eigenvalue weighted by Gasteiger charge is 2.62. The van der Waals surface area contributed by atoms with Crippen LogP contribution in [0.3, 0.4) is 0 Å². The van der Waals surface area contributed by atoms with Crippen LogP contribution in [0.4, 0.5) is 0 Å². The summed E-state index contributed by atoms with van der Waals surface area (Å²) in [4.78, 5) is 19.7. The van der Waals surface area contributed by atoms with Crippen LogP contribution in [-0.2, 0) is 21.4 Å². The first-order chi connectivity index (χ1) is 14.1. The normalized spacial score (nSPS) is 32.6. The highest BCUT2D eigenvalue weighted by molar-refractivity contribution is 5.93. The number of rotatable bonds is 4. The lowest BCUT2D eigenvalue weighted by Gasteiger charge is -2.57. The summed E-state index contributed by atoms with van der Waals surface area (Å²) in [5, 5.41) is 1.12. The monoisotopic (exact) mass is 398 g/mol. The summed E-state index contributed by atoms with van der Waals surface area (Å²) in [5.74, 6) is 2.37. The van der Waals surface area contributed by atoms with Gasteiger partial charge in [0.15, 0.2) is 11.5 Å². The highest BCUT2D eigenvalue weighted by atomic mass is 16.5. The van der Waals surface area contributed by atoms with Gasteiger partial charge in [0.2, 0.25) is 0 Å². The van der Waals surface area contributed by atoms with E-state index < -0.39 is 5.41 Å². The van der Waals surface area contributed by atoms with Gasteiger partial charge in [0.1, 0.15) is 5.41 Å². The van der Waals surface area contributed by atoms with Gasteiger partial charge in [-0.2, -0.15) is 0 Å². The second kappa shape index (κ2) is 6.66. The summed E-state index contributed by atoms with van der Waals surface area (Å²) < 4.78 is 16.5. The summed E-state index contributed by atoms with van der Waals surface area (Å²) in [5.41, 5.74) is 2.67. The number of fused-ring (bicyclic) bond motifs is 4. The Balaban J connectivity index is 1.79. The molecular weight excluding hydrogens is 368 g/mol. The number of carbonyl (C=O) groups is 1. The smallest absolute Gasteiger partial charge is 0.319 e. The number of aromatic nitrogens is 1. The number of nitrogens with zero attached hydrogens (tertiary/aromatic N) is 1. The first-order valence-electron chi connectivity index (χ1n) is 10.7. The van der Waals surface area contributed by atoms with Crippen LogP contribution >= 0.6 is 0 Å². The van der Waals surface area contributed by atoms with Crippen molar-refractivity contribution in [1.29, 1.82) is 0 Å². The fourth-order valence-electron chi connectivity index (χ4n) is 6.64. The van der Waals surface area contributed by atoms with Crippen molar-refractivity contribution in [2.24, 2.45) is 11.8 Å². The molecule has 5 atom stereocenters. The molecule has 5 unspecified atom stereocenters. The number of piperidine rings is 2. The van der Waals surface area contributed by atoms with Crippen LogP contribution in [0.5, 0.6) is 11.5 Å². The summed E-state index contributed by atoms with van der Waals surface area (Å²) >= 11 is 0. The van der Waals surface area contributed by atoms with Crippen molar-refractivity contribution < 1.29 is 19.0 Å². The average molecular weight is 399 g/mol. The van der Waals surface area contributed by atoms with Gasteiger partial charge >= 0.3 is 5.97 Å². The van der Waals surface area contributed by atoms with Crippen LogP contribution in [0.15, 0.2) is 12.1 Å². The van der Waals surface area contributed by atoms with Crippen LogP contribution in [0.25, 0.3) is 10.9 Å². The molecule has 6 rings (SSSR count).